The van der Waals surface area contributed by atoms with Crippen molar-refractivity contribution in [3.63, 3.8) is 0 Å². The molecule has 0 saturated carbocycles. The molecular formula is C21H19ClN2O2S. The number of methoxy groups -OCH3 is 1. The van der Waals surface area contributed by atoms with Crippen LogP contribution in [-0.2, 0) is 18.6 Å². The first kappa shape index (κ1) is 18.1. The molecule has 4 nitrogen and oxygen atoms in total. The van der Waals surface area contributed by atoms with E-state index < -0.39 is 0 Å². The van der Waals surface area contributed by atoms with E-state index in [2.05, 4.69) is 4.98 Å². The highest BCUT2D eigenvalue weighted by atomic mass is 35.5. The first-order valence-electron chi connectivity index (χ1n) is 8.82. The second-order valence-electron chi connectivity index (χ2n) is 6.43. The molecule has 2 aromatic carbocycles. The van der Waals surface area contributed by atoms with E-state index in [9.17, 15) is 4.79 Å². The van der Waals surface area contributed by atoms with Gasteiger partial charge in [-0.05, 0) is 49.1 Å². The Hall–Kier alpha value is -2.24. The molecule has 4 rings (SSSR count). The fraction of sp³-hybridized carbons (Fsp3) is 0.238. The molecule has 1 aromatic heterocycles. The van der Waals surface area contributed by atoms with Gasteiger partial charge in [-0.3, -0.25) is 4.57 Å². The third-order valence-electron chi connectivity index (χ3n) is 4.71. The maximum atomic E-state index is 12.8. The molecule has 1 heterocycles. The Labute approximate surface area is 167 Å². The maximum Gasteiger partial charge on any atom is 0.353 e. The zero-order valence-electron chi connectivity index (χ0n) is 14.9. The van der Waals surface area contributed by atoms with Crippen LogP contribution in [0.3, 0.4) is 0 Å². The predicted octanol–water partition coefficient (Wildman–Crippen LogP) is 4.68. The molecule has 138 valence electrons. The van der Waals surface area contributed by atoms with Crippen molar-refractivity contribution in [2.75, 3.05) is 7.11 Å². The van der Waals surface area contributed by atoms with E-state index in [0.717, 1.165) is 57.8 Å². The molecule has 0 radical (unpaired) electrons. The first-order valence-corrected chi connectivity index (χ1v) is 10.2. The molecule has 0 saturated heterocycles. The van der Waals surface area contributed by atoms with Gasteiger partial charge in [0.1, 0.15) is 10.8 Å². The van der Waals surface area contributed by atoms with Crippen LogP contribution < -0.4 is 10.4 Å². The standard InChI is InChI=1S/C21H19ClN2O2S/c1-26-17-5-2-4-16(12-17)24-19-7-3-6-18(19)20(23-21(24)25)27-13-14-8-10-15(22)11-9-14/h2,4-5,8-12H,3,6-7,13H2,1H3. The highest BCUT2D eigenvalue weighted by Crippen LogP contribution is 2.32. The molecule has 3 aromatic rings. The topological polar surface area (TPSA) is 44.1 Å². The van der Waals surface area contributed by atoms with Gasteiger partial charge in [0.2, 0.25) is 0 Å². The van der Waals surface area contributed by atoms with Gasteiger partial charge in [-0.2, -0.15) is 4.98 Å². The molecule has 0 spiro atoms. The van der Waals surface area contributed by atoms with Crippen molar-refractivity contribution >= 4 is 23.4 Å². The third kappa shape index (κ3) is 3.75. The van der Waals surface area contributed by atoms with Crippen LogP contribution in [0.15, 0.2) is 58.4 Å². The highest BCUT2D eigenvalue weighted by Gasteiger charge is 2.23. The number of hydrogen-bond acceptors (Lipinski definition) is 4. The fourth-order valence-electron chi connectivity index (χ4n) is 3.39. The van der Waals surface area contributed by atoms with Crippen LogP contribution in [0.1, 0.15) is 23.2 Å². The van der Waals surface area contributed by atoms with Crippen molar-refractivity contribution in [3.8, 4) is 11.4 Å². The molecule has 0 bridgehead atoms. The van der Waals surface area contributed by atoms with Crippen LogP contribution in [-0.4, -0.2) is 16.7 Å². The molecule has 0 atom stereocenters. The molecule has 27 heavy (non-hydrogen) atoms. The normalized spacial score (nSPS) is 12.8. The first-order chi connectivity index (χ1) is 13.2. The van der Waals surface area contributed by atoms with Gasteiger partial charge in [-0.25, -0.2) is 4.79 Å². The smallest absolute Gasteiger partial charge is 0.353 e. The predicted molar refractivity (Wildman–Crippen MR) is 109 cm³/mol. The minimum absolute atomic E-state index is 0.234. The number of rotatable bonds is 5. The van der Waals surface area contributed by atoms with Crippen LogP contribution >= 0.6 is 23.4 Å². The molecule has 1 aliphatic carbocycles. The Kier molecular flexibility index (Phi) is 5.23. The molecule has 0 unspecified atom stereocenters. The zero-order valence-corrected chi connectivity index (χ0v) is 16.5. The van der Waals surface area contributed by atoms with Crippen molar-refractivity contribution in [1.29, 1.82) is 0 Å². The van der Waals surface area contributed by atoms with Gasteiger partial charge in [0.15, 0.2) is 0 Å². The Balaban J connectivity index is 1.69. The largest absolute Gasteiger partial charge is 0.497 e. The summed E-state index contributed by atoms with van der Waals surface area (Å²) in [5.74, 6) is 1.49. The summed E-state index contributed by atoms with van der Waals surface area (Å²) in [6, 6.07) is 15.4. The number of benzene rings is 2. The van der Waals surface area contributed by atoms with Crippen LogP contribution in [0.4, 0.5) is 0 Å². The molecule has 0 amide bonds. The van der Waals surface area contributed by atoms with Gasteiger partial charge in [0.05, 0.1) is 12.8 Å². The van der Waals surface area contributed by atoms with Gasteiger partial charge in [-0.15, -0.1) is 11.8 Å². The van der Waals surface area contributed by atoms with E-state index in [1.165, 1.54) is 5.56 Å². The van der Waals surface area contributed by atoms with E-state index in [0.29, 0.717) is 0 Å². The number of ether oxygens (including phenoxy) is 1. The lowest BCUT2D eigenvalue weighted by molar-refractivity contribution is 0.414. The summed E-state index contributed by atoms with van der Waals surface area (Å²) in [7, 11) is 1.63. The van der Waals surface area contributed by atoms with Crippen LogP contribution in [0.2, 0.25) is 5.02 Å². The lowest BCUT2D eigenvalue weighted by Gasteiger charge is -2.15. The average Bonchev–Trinajstić information content (AvgIpc) is 3.17. The molecule has 0 fully saturated rings. The minimum atomic E-state index is -0.234. The third-order valence-corrected chi connectivity index (χ3v) is 6.05. The number of thioether (sulfide) groups is 1. The van der Waals surface area contributed by atoms with Gasteiger partial charge in [-0.1, -0.05) is 29.8 Å². The van der Waals surface area contributed by atoms with E-state index in [1.807, 2.05) is 48.5 Å². The second kappa shape index (κ2) is 7.79. The minimum Gasteiger partial charge on any atom is -0.497 e. The Morgan fingerprint density at radius 2 is 2.00 bits per heavy atom. The van der Waals surface area contributed by atoms with Crippen molar-refractivity contribution in [1.82, 2.24) is 9.55 Å². The van der Waals surface area contributed by atoms with E-state index >= 15 is 0 Å². The number of hydrogen-bond donors (Lipinski definition) is 0. The average molecular weight is 399 g/mol. The van der Waals surface area contributed by atoms with Crippen molar-refractivity contribution in [2.24, 2.45) is 0 Å². The lowest BCUT2D eigenvalue weighted by Crippen LogP contribution is -2.25. The van der Waals surface area contributed by atoms with Gasteiger partial charge < -0.3 is 4.74 Å². The number of fused-ring (bicyclic) bond motifs is 1. The van der Waals surface area contributed by atoms with Crippen molar-refractivity contribution < 1.29 is 4.74 Å². The fourth-order valence-corrected chi connectivity index (χ4v) is 4.55. The summed E-state index contributed by atoms with van der Waals surface area (Å²) >= 11 is 7.57. The molecular weight excluding hydrogens is 380 g/mol. The Morgan fingerprint density at radius 1 is 1.19 bits per heavy atom. The van der Waals surface area contributed by atoms with Crippen molar-refractivity contribution in [3.05, 3.63) is 80.9 Å². The summed E-state index contributed by atoms with van der Waals surface area (Å²) in [5.41, 5.74) is 4.00. The Bertz CT molecular complexity index is 1030. The van der Waals surface area contributed by atoms with Crippen molar-refractivity contribution in [2.45, 2.75) is 30.0 Å². The molecule has 1 aliphatic rings. The van der Waals surface area contributed by atoms with Gasteiger partial charge in [0, 0.05) is 28.1 Å². The zero-order chi connectivity index (χ0) is 18.8. The highest BCUT2D eigenvalue weighted by molar-refractivity contribution is 7.98. The lowest BCUT2D eigenvalue weighted by atomic mass is 10.2. The maximum absolute atomic E-state index is 12.8. The quantitative estimate of drug-likeness (QED) is 0.462. The number of halogens is 1. The van der Waals surface area contributed by atoms with Crippen LogP contribution in [0.5, 0.6) is 5.75 Å². The van der Waals surface area contributed by atoms with Gasteiger partial charge in [0.25, 0.3) is 0 Å². The van der Waals surface area contributed by atoms with Crippen LogP contribution in [0, 0.1) is 0 Å². The molecule has 0 aliphatic heterocycles. The number of nitrogens with zero attached hydrogens (tertiary/aromatic N) is 2. The second-order valence-corrected chi connectivity index (χ2v) is 7.83. The summed E-state index contributed by atoms with van der Waals surface area (Å²) in [4.78, 5) is 17.2. The molecule has 0 N–H and O–H groups in total. The monoisotopic (exact) mass is 398 g/mol. The number of aromatic nitrogens is 2. The van der Waals surface area contributed by atoms with E-state index in [1.54, 1.807) is 23.4 Å². The Morgan fingerprint density at radius 3 is 2.78 bits per heavy atom. The summed E-state index contributed by atoms with van der Waals surface area (Å²) in [6.45, 7) is 0. The summed E-state index contributed by atoms with van der Waals surface area (Å²) in [5, 5.41) is 1.57. The molecule has 6 heteroatoms. The van der Waals surface area contributed by atoms with Gasteiger partial charge >= 0.3 is 5.69 Å². The summed E-state index contributed by atoms with van der Waals surface area (Å²) in [6.07, 6.45) is 2.88. The SMILES string of the molecule is COc1cccc(-n2c3c(c(SCc4ccc(Cl)cc4)nc2=O)CCC3)c1. The summed E-state index contributed by atoms with van der Waals surface area (Å²) < 4.78 is 7.04. The van der Waals surface area contributed by atoms with Crippen LogP contribution in [0.25, 0.3) is 5.69 Å². The van der Waals surface area contributed by atoms with E-state index in [-0.39, 0.29) is 5.69 Å². The van der Waals surface area contributed by atoms with E-state index in [4.69, 9.17) is 16.3 Å².